The van der Waals surface area contributed by atoms with Gasteiger partial charge in [0.25, 0.3) is 5.91 Å². The van der Waals surface area contributed by atoms with E-state index in [9.17, 15) is 4.79 Å². The maximum Gasteiger partial charge on any atom is 0.255 e. The fourth-order valence-corrected chi connectivity index (χ4v) is 2.60. The number of hydrogen-bond donors (Lipinski definition) is 2. The molecule has 0 atom stereocenters. The van der Waals surface area contributed by atoms with Crippen LogP contribution in [0.1, 0.15) is 28.8 Å². The van der Waals surface area contributed by atoms with Crippen molar-refractivity contribution in [2.45, 2.75) is 18.9 Å². The minimum Gasteiger partial charge on any atom is -0.455 e. The number of nitriles is 1. The average molecular weight is 322 g/mol. The smallest absolute Gasteiger partial charge is 0.255 e. The lowest BCUT2D eigenvalue weighted by Crippen LogP contribution is -2.42. The Morgan fingerprint density at radius 1 is 1.25 bits per heavy atom. The largest absolute Gasteiger partial charge is 0.455 e. The quantitative estimate of drug-likeness (QED) is 0.901. The van der Waals surface area contributed by atoms with Gasteiger partial charge in [-0.05, 0) is 56.3 Å². The first-order chi connectivity index (χ1) is 11.8. The van der Waals surface area contributed by atoms with Crippen molar-refractivity contribution >= 4 is 5.91 Å². The SMILES string of the molecule is N#Cc1ccc(Oc2cnccc2C(=O)NC2CCNCC2)cc1. The standard InChI is InChI=1S/C18H18N4O2/c19-11-13-1-3-15(4-2-13)24-17-12-21-10-7-16(17)18(23)22-14-5-8-20-9-6-14/h1-4,7,10,12,14,20H,5-6,8-9H2,(H,22,23). The molecule has 1 aromatic carbocycles. The van der Waals surface area contributed by atoms with Crippen LogP contribution in [0.15, 0.2) is 42.7 Å². The molecule has 3 rings (SSSR count). The minimum absolute atomic E-state index is 0.159. The van der Waals surface area contributed by atoms with Crippen LogP contribution in [0.25, 0.3) is 0 Å². The van der Waals surface area contributed by atoms with E-state index in [-0.39, 0.29) is 11.9 Å². The van der Waals surface area contributed by atoms with Crippen LogP contribution >= 0.6 is 0 Å². The summed E-state index contributed by atoms with van der Waals surface area (Å²) in [6, 6.07) is 10.6. The van der Waals surface area contributed by atoms with Crippen LogP contribution in [0.3, 0.4) is 0 Å². The lowest BCUT2D eigenvalue weighted by molar-refractivity contribution is 0.0927. The Morgan fingerprint density at radius 3 is 2.71 bits per heavy atom. The highest BCUT2D eigenvalue weighted by molar-refractivity contribution is 5.97. The predicted molar refractivity (Wildman–Crippen MR) is 88.8 cm³/mol. The molecule has 6 nitrogen and oxygen atoms in total. The van der Waals surface area contributed by atoms with E-state index in [1.807, 2.05) is 0 Å². The third-order valence-electron chi connectivity index (χ3n) is 3.91. The summed E-state index contributed by atoms with van der Waals surface area (Å²) in [7, 11) is 0. The number of nitrogens with zero attached hydrogens (tertiary/aromatic N) is 2. The number of ether oxygens (including phenoxy) is 1. The molecule has 2 aromatic rings. The Hall–Kier alpha value is -2.91. The molecule has 0 aliphatic carbocycles. The lowest BCUT2D eigenvalue weighted by atomic mass is 10.1. The molecule has 0 radical (unpaired) electrons. The Labute approximate surface area is 140 Å². The minimum atomic E-state index is -0.159. The Bertz CT molecular complexity index is 746. The average Bonchev–Trinajstić information content (AvgIpc) is 2.63. The van der Waals surface area contributed by atoms with Crippen LogP contribution in [0.5, 0.6) is 11.5 Å². The molecule has 0 bridgehead atoms. The Balaban J connectivity index is 1.74. The topological polar surface area (TPSA) is 87.0 Å². The zero-order valence-corrected chi connectivity index (χ0v) is 13.2. The molecule has 1 saturated heterocycles. The molecular formula is C18H18N4O2. The first-order valence-corrected chi connectivity index (χ1v) is 7.90. The summed E-state index contributed by atoms with van der Waals surface area (Å²) in [5.74, 6) is 0.791. The van der Waals surface area contributed by atoms with E-state index in [0.717, 1.165) is 25.9 Å². The molecule has 1 aliphatic rings. The number of carbonyl (C=O) groups excluding carboxylic acids is 1. The number of aromatic nitrogens is 1. The monoisotopic (exact) mass is 322 g/mol. The predicted octanol–water partition coefficient (Wildman–Crippen LogP) is 2.23. The molecule has 1 fully saturated rings. The number of rotatable bonds is 4. The highest BCUT2D eigenvalue weighted by atomic mass is 16.5. The fraction of sp³-hybridized carbons (Fsp3) is 0.278. The van der Waals surface area contributed by atoms with Crippen molar-refractivity contribution in [2.24, 2.45) is 0 Å². The molecule has 122 valence electrons. The van der Waals surface area contributed by atoms with Crippen LogP contribution in [-0.4, -0.2) is 30.0 Å². The van der Waals surface area contributed by atoms with Gasteiger partial charge in [-0.3, -0.25) is 9.78 Å². The van der Waals surface area contributed by atoms with Gasteiger partial charge in [0.05, 0.1) is 23.4 Å². The van der Waals surface area contributed by atoms with Gasteiger partial charge in [0.1, 0.15) is 5.75 Å². The van der Waals surface area contributed by atoms with Gasteiger partial charge < -0.3 is 15.4 Å². The number of piperidine rings is 1. The van der Waals surface area contributed by atoms with E-state index in [4.69, 9.17) is 10.00 Å². The van der Waals surface area contributed by atoms with E-state index in [2.05, 4.69) is 21.7 Å². The maximum atomic E-state index is 12.5. The molecule has 6 heteroatoms. The molecule has 2 N–H and O–H groups in total. The van der Waals surface area contributed by atoms with Gasteiger partial charge in [-0.15, -0.1) is 0 Å². The van der Waals surface area contributed by atoms with Crippen molar-refractivity contribution in [3.8, 4) is 17.6 Å². The number of carbonyl (C=O) groups is 1. The van der Waals surface area contributed by atoms with E-state index >= 15 is 0 Å². The van der Waals surface area contributed by atoms with Gasteiger partial charge in [-0.25, -0.2) is 0 Å². The maximum absolute atomic E-state index is 12.5. The van der Waals surface area contributed by atoms with E-state index in [1.54, 1.807) is 36.5 Å². The normalized spacial score (nSPS) is 14.6. The number of benzene rings is 1. The summed E-state index contributed by atoms with van der Waals surface area (Å²) in [6.07, 6.45) is 4.93. The van der Waals surface area contributed by atoms with E-state index in [0.29, 0.717) is 22.6 Å². The molecule has 0 unspecified atom stereocenters. The molecule has 2 heterocycles. The van der Waals surface area contributed by atoms with E-state index < -0.39 is 0 Å². The van der Waals surface area contributed by atoms with Crippen molar-refractivity contribution in [3.63, 3.8) is 0 Å². The van der Waals surface area contributed by atoms with Crippen LogP contribution < -0.4 is 15.4 Å². The second-order valence-electron chi connectivity index (χ2n) is 5.61. The van der Waals surface area contributed by atoms with Gasteiger partial charge in [-0.1, -0.05) is 0 Å². The third-order valence-corrected chi connectivity index (χ3v) is 3.91. The van der Waals surface area contributed by atoms with Crippen LogP contribution in [-0.2, 0) is 0 Å². The zero-order chi connectivity index (χ0) is 16.8. The number of amides is 1. The molecule has 1 aromatic heterocycles. The van der Waals surface area contributed by atoms with Crippen molar-refractivity contribution in [1.82, 2.24) is 15.6 Å². The number of nitrogens with one attached hydrogen (secondary N) is 2. The molecule has 1 aliphatic heterocycles. The third kappa shape index (κ3) is 3.89. The zero-order valence-electron chi connectivity index (χ0n) is 13.2. The fourth-order valence-electron chi connectivity index (χ4n) is 2.60. The Kier molecular flexibility index (Phi) is 5.04. The van der Waals surface area contributed by atoms with Crippen LogP contribution in [0.4, 0.5) is 0 Å². The van der Waals surface area contributed by atoms with Crippen LogP contribution in [0, 0.1) is 11.3 Å². The van der Waals surface area contributed by atoms with Gasteiger partial charge in [0.2, 0.25) is 0 Å². The van der Waals surface area contributed by atoms with Crippen molar-refractivity contribution in [1.29, 1.82) is 5.26 Å². The summed E-state index contributed by atoms with van der Waals surface area (Å²) >= 11 is 0. The van der Waals surface area contributed by atoms with Gasteiger partial charge in [0.15, 0.2) is 5.75 Å². The van der Waals surface area contributed by atoms with Crippen molar-refractivity contribution < 1.29 is 9.53 Å². The van der Waals surface area contributed by atoms with E-state index in [1.165, 1.54) is 6.20 Å². The molecular weight excluding hydrogens is 304 g/mol. The molecule has 0 spiro atoms. The Morgan fingerprint density at radius 2 is 2.00 bits per heavy atom. The van der Waals surface area contributed by atoms with Gasteiger partial charge >= 0.3 is 0 Å². The lowest BCUT2D eigenvalue weighted by Gasteiger charge is -2.24. The highest BCUT2D eigenvalue weighted by Crippen LogP contribution is 2.25. The van der Waals surface area contributed by atoms with Crippen molar-refractivity contribution in [3.05, 3.63) is 53.9 Å². The summed E-state index contributed by atoms with van der Waals surface area (Å²) in [5.41, 5.74) is 1.00. The second kappa shape index (κ2) is 7.57. The van der Waals surface area contributed by atoms with Crippen molar-refractivity contribution in [2.75, 3.05) is 13.1 Å². The summed E-state index contributed by atoms with van der Waals surface area (Å²) in [4.78, 5) is 16.6. The summed E-state index contributed by atoms with van der Waals surface area (Å²) in [5, 5.41) is 15.2. The summed E-state index contributed by atoms with van der Waals surface area (Å²) < 4.78 is 5.77. The summed E-state index contributed by atoms with van der Waals surface area (Å²) in [6.45, 7) is 1.83. The van der Waals surface area contributed by atoms with Gasteiger partial charge in [0, 0.05) is 12.2 Å². The first-order valence-electron chi connectivity index (χ1n) is 7.90. The molecule has 24 heavy (non-hydrogen) atoms. The number of pyridine rings is 1. The van der Waals surface area contributed by atoms with Gasteiger partial charge in [-0.2, -0.15) is 5.26 Å². The molecule has 0 saturated carbocycles. The second-order valence-corrected chi connectivity index (χ2v) is 5.61. The van der Waals surface area contributed by atoms with Crippen LogP contribution in [0.2, 0.25) is 0 Å². The molecule has 1 amide bonds. The highest BCUT2D eigenvalue weighted by Gasteiger charge is 2.19. The first kappa shape index (κ1) is 16.0. The number of hydrogen-bond acceptors (Lipinski definition) is 5.